The number of carbonyl (C=O) groups excluding carboxylic acids is 2. The zero-order valence-corrected chi connectivity index (χ0v) is 15.9. The van der Waals surface area contributed by atoms with Gasteiger partial charge in [0.05, 0.1) is 10.9 Å². The van der Waals surface area contributed by atoms with Gasteiger partial charge in [-0.15, -0.1) is 0 Å². The zero-order valence-electron chi connectivity index (χ0n) is 15.9. The zero-order chi connectivity index (χ0) is 20.2. The van der Waals surface area contributed by atoms with Crippen LogP contribution >= 0.6 is 0 Å². The molecule has 29 heavy (non-hydrogen) atoms. The number of rotatable bonds is 3. The third-order valence-electron chi connectivity index (χ3n) is 4.96. The van der Waals surface area contributed by atoms with E-state index in [1.807, 2.05) is 0 Å². The highest BCUT2D eigenvalue weighted by molar-refractivity contribution is 6.39. The van der Waals surface area contributed by atoms with Crippen LogP contribution in [0.3, 0.4) is 0 Å². The van der Waals surface area contributed by atoms with Gasteiger partial charge in [-0.2, -0.15) is 0 Å². The van der Waals surface area contributed by atoms with E-state index in [0.717, 1.165) is 37.1 Å². The number of nitrogens with one attached hydrogen (secondary N) is 2. The van der Waals surface area contributed by atoms with Crippen molar-refractivity contribution in [2.45, 2.75) is 38.8 Å². The van der Waals surface area contributed by atoms with Crippen LogP contribution in [0.15, 0.2) is 47.5 Å². The highest BCUT2D eigenvalue weighted by Crippen LogP contribution is 2.18. The first kappa shape index (κ1) is 18.8. The molecule has 0 radical (unpaired) electrons. The molecular formula is C21H21N5O3. The van der Waals surface area contributed by atoms with E-state index < -0.39 is 11.8 Å². The normalized spacial score (nSPS) is 13.4. The molecule has 3 heterocycles. The van der Waals surface area contributed by atoms with Gasteiger partial charge < -0.3 is 10.6 Å². The molecule has 2 amide bonds. The van der Waals surface area contributed by atoms with E-state index in [2.05, 4.69) is 20.6 Å². The van der Waals surface area contributed by atoms with Gasteiger partial charge in [-0.3, -0.25) is 23.9 Å². The van der Waals surface area contributed by atoms with E-state index in [-0.39, 0.29) is 12.1 Å². The number of aryl methyl sites for hydroxylation is 1. The number of fused-ring (bicyclic) bond motifs is 2. The van der Waals surface area contributed by atoms with E-state index in [4.69, 9.17) is 0 Å². The lowest BCUT2D eigenvalue weighted by atomic mass is 10.2. The molecule has 0 unspecified atom stereocenters. The summed E-state index contributed by atoms with van der Waals surface area (Å²) in [5, 5.41) is 5.53. The molecule has 1 aliphatic heterocycles. The fourth-order valence-corrected chi connectivity index (χ4v) is 3.45. The fourth-order valence-electron chi connectivity index (χ4n) is 3.45. The first-order chi connectivity index (χ1) is 14.1. The number of aromatic nitrogens is 3. The third kappa shape index (κ3) is 4.16. The molecule has 0 bridgehead atoms. The number of benzene rings is 1. The maximum Gasteiger partial charge on any atom is 0.313 e. The van der Waals surface area contributed by atoms with Gasteiger partial charge in [0, 0.05) is 37.6 Å². The number of hydrogen-bond donors (Lipinski definition) is 2. The van der Waals surface area contributed by atoms with Crippen molar-refractivity contribution in [1.29, 1.82) is 0 Å². The number of carbonyl (C=O) groups is 2. The molecule has 0 aliphatic carbocycles. The number of nitrogens with zero attached hydrogens (tertiary/aromatic N) is 3. The van der Waals surface area contributed by atoms with E-state index >= 15 is 0 Å². The van der Waals surface area contributed by atoms with E-state index in [9.17, 15) is 14.4 Å². The first-order valence-electron chi connectivity index (χ1n) is 9.63. The van der Waals surface area contributed by atoms with E-state index in [1.54, 1.807) is 47.3 Å². The molecule has 2 aromatic heterocycles. The minimum absolute atomic E-state index is 0.107. The van der Waals surface area contributed by atoms with Crippen molar-refractivity contribution in [1.82, 2.24) is 19.9 Å². The Bertz CT molecular complexity index is 1120. The minimum atomic E-state index is -0.795. The van der Waals surface area contributed by atoms with Crippen molar-refractivity contribution in [3.63, 3.8) is 0 Å². The van der Waals surface area contributed by atoms with Crippen LogP contribution in [0.2, 0.25) is 0 Å². The highest BCUT2D eigenvalue weighted by atomic mass is 16.2. The average Bonchev–Trinajstić information content (AvgIpc) is 2.99. The SMILES string of the molecule is O=C(NCc1cccnc1)C(=O)Nc1ccc2nc3n(c(=O)c2c1)CCCCC3. The molecule has 8 nitrogen and oxygen atoms in total. The molecule has 3 aromatic rings. The van der Waals surface area contributed by atoms with Crippen LogP contribution < -0.4 is 16.2 Å². The number of amides is 2. The van der Waals surface area contributed by atoms with Crippen molar-refractivity contribution in [2.75, 3.05) is 5.32 Å². The van der Waals surface area contributed by atoms with Gasteiger partial charge in [-0.05, 0) is 42.7 Å². The summed E-state index contributed by atoms with van der Waals surface area (Å²) in [6, 6.07) is 8.48. The van der Waals surface area contributed by atoms with Crippen molar-refractivity contribution in [3.05, 3.63) is 64.5 Å². The lowest BCUT2D eigenvalue weighted by molar-refractivity contribution is -0.136. The molecule has 1 aliphatic rings. The molecule has 0 fully saturated rings. The highest BCUT2D eigenvalue weighted by Gasteiger charge is 2.16. The molecule has 8 heteroatoms. The molecule has 0 atom stereocenters. The Labute approximate surface area is 167 Å². The van der Waals surface area contributed by atoms with Crippen LogP contribution in [-0.2, 0) is 29.1 Å². The smallest absolute Gasteiger partial charge is 0.313 e. The number of pyridine rings is 1. The Morgan fingerprint density at radius 2 is 2.00 bits per heavy atom. The fraction of sp³-hybridized carbons (Fsp3) is 0.286. The topological polar surface area (TPSA) is 106 Å². The second-order valence-electron chi connectivity index (χ2n) is 7.03. The molecule has 0 spiro atoms. The summed E-state index contributed by atoms with van der Waals surface area (Å²) < 4.78 is 1.72. The van der Waals surface area contributed by atoms with Crippen LogP contribution in [0.4, 0.5) is 5.69 Å². The predicted octanol–water partition coefficient (Wildman–Crippen LogP) is 1.77. The summed E-state index contributed by atoms with van der Waals surface area (Å²) in [6.45, 7) is 0.861. The van der Waals surface area contributed by atoms with Crippen LogP contribution in [0.1, 0.15) is 30.7 Å². The Morgan fingerprint density at radius 1 is 1.10 bits per heavy atom. The summed E-state index contributed by atoms with van der Waals surface area (Å²) in [5.74, 6) is -0.742. The van der Waals surface area contributed by atoms with Gasteiger partial charge in [0.2, 0.25) is 0 Å². The van der Waals surface area contributed by atoms with Crippen molar-refractivity contribution < 1.29 is 9.59 Å². The second kappa shape index (κ2) is 8.22. The largest absolute Gasteiger partial charge is 0.344 e. The second-order valence-corrected chi connectivity index (χ2v) is 7.03. The maximum absolute atomic E-state index is 12.9. The standard InChI is InChI=1S/C21H21N5O3/c27-19(23-13-14-5-4-9-22-12-14)20(28)24-15-7-8-17-16(11-15)21(29)26-10-3-1-2-6-18(26)25-17/h4-5,7-9,11-12H,1-3,6,10,13H2,(H,23,27)(H,24,28). The lowest BCUT2D eigenvalue weighted by Crippen LogP contribution is -2.35. The van der Waals surface area contributed by atoms with Gasteiger partial charge in [-0.1, -0.05) is 12.5 Å². The van der Waals surface area contributed by atoms with E-state index in [0.29, 0.717) is 23.1 Å². The molecular weight excluding hydrogens is 370 g/mol. The predicted molar refractivity (Wildman–Crippen MR) is 108 cm³/mol. The maximum atomic E-state index is 12.9. The minimum Gasteiger partial charge on any atom is -0.344 e. The molecule has 0 saturated heterocycles. The first-order valence-corrected chi connectivity index (χ1v) is 9.63. The number of hydrogen-bond acceptors (Lipinski definition) is 5. The van der Waals surface area contributed by atoms with Crippen LogP contribution in [0, 0.1) is 0 Å². The van der Waals surface area contributed by atoms with Gasteiger partial charge >= 0.3 is 11.8 Å². The van der Waals surface area contributed by atoms with Gasteiger partial charge in [0.1, 0.15) is 5.82 Å². The third-order valence-corrected chi connectivity index (χ3v) is 4.96. The Kier molecular flexibility index (Phi) is 5.33. The lowest BCUT2D eigenvalue weighted by Gasteiger charge is -2.11. The van der Waals surface area contributed by atoms with Crippen molar-refractivity contribution in [2.24, 2.45) is 0 Å². The van der Waals surface area contributed by atoms with Gasteiger partial charge in [0.25, 0.3) is 5.56 Å². The molecule has 0 saturated carbocycles. The Hall–Kier alpha value is -3.55. The average molecular weight is 391 g/mol. The molecule has 148 valence electrons. The van der Waals surface area contributed by atoms with Gasteiger partial charge in [0.15, 0.2) is 0 Å². The summed E-state index contributed by atoms with van der Waals surface area (Å²) in [6.07, 6.45) is 7.10. The number of anilines is 1. The summed E-state index contributed by atoms with van der Waals surface area (Å²) in [7, 11) is 0. The van der Waals surface area contributed by atoms with Crippen molar-refractivity contribution in [3.8, 4) is 0 Å². The molecule has 2 N–H and O–H groups in total. The Morgan fingerprint density at radius 3 is 2.83 bits per heavy atom. The van der Waals surface area contributed by atoms with Crippen LogP contribution in [0.5, 0.6) is 0 Å². The molecule has 4 rings (SSSR count). The monoisotopic (exact) mass is 391 g/mol. The van der Waals surface area contributed by atoms with Crippen LogP contribution in [0.25, 0.3) is 10.9 Å². The molecule has 1 aromatic carbocycles. The van der Waals surface area contributed by atoms with E-state index in [1.165, 1.54) is 0 Å². The van der Waals surface area contributed by atoms with Crippen LogP contribution in [-0.4, -0.2) is 26.3 Å². The summed E-state index contributed by atoms with van der Waals surface area (Å²) in [4.78, 5) is 45.7. The van der Waals surface area contributed by atoms with Crippen molar-refractivity contribution >= 4 is 28.4 Å². The Balaban J connectivity index is 1.50. The quantitative estimate of drug-likeness (QED) is 0.662. The van der Waals surface area contributed by atoms with Gasteiger partial charge in [-0.25, -0.2) is 4.98 Å². The summed E-state index contributed by atoms with van der Waals surface area (Å²) >= 11 is 0. The summed E-state index contributed by atoms with van der Waals surface area (Å²) in [5.41, 5.74) is 1.66.